The molecule has 0 bridgehead atoms. The van der Waals surface area contributed by atoms with Crippen molar-refractivity contribution in [1.29, 1.82) is 0 Å². The number of rotatable bonds is 6. The van der Waals surface area contributed by atoms with Crippen molar-refractivity contribution < 1.29 is 18.3 Å². The third kappa shape index (κ3) is 5.77. The standard InChI is InChI=1S/C17H22F2N4O2S/c18-16(19)25-14-5-3-13(4-6-14)21-17(26)23-9-7-22(8-10-23)11-15(24)20-12-1-2-12/h3-6,12,16H,1-2,7-11H2,(H,20,24)(H,21,26). The molecule has 26 heavy (non-hydrogen) atoms. The molecular weight excluding hydrogens is 362 g/mol. The van der Waals surface area contributed by atoms with Gasteiger partial charge in [0.25, 0.3) is 0 Å². The minimum absolute atomic E-state index is 0.0905. The van der Waals surface area contributed by atoms with Crippen molar-refractivity contribution in [3.05, 3.63) is 24.3 Å². The van der Waals surface area contributed by atoms with Crippen LogP contribution in [0.15, 0.2) is 24.3 Å². The number of piperazine rings is 1. The average Bonchev–Trinajstić information content (AvgIpc) is 3.40. The highest BCUT2D eigenvalue weighted by Gasteiger charge is 2.25. The molecule has 0 spiro atoms. The Bertz CT molecular complexity index is 632. The fourth-order valence-electron chi connectivity index (χ4n) is 2.74. The Labute approximate surface area is 156 Å². The maximum Gasteiger partial charge on any atom is 0.387 e. The lowest BCUT2D eigenvalue weighted by atomic mass is 10.3. The Morgan fingerprint density at radius 2 is 1.85 bits per heavy atom. The van der Waals surface area contributed by atoms with Crippen molar-refractivity contribution >= 4 is 28.9 Å². The number of hydrogen-bond donors (Lipinski definition) is 2. The summed E-state index contributed by atoms with van der Waals surface area (Å²) in [6.45, 7) is 0.584. The van der Waals surface area contributed by atoms with E-state index >= 15 is 0 Å². The van der Waals surface area contributed by atoms with Gasteiger partial charge in [0.1, 0.15) is 5.75 Å². The highest BCUT2D eigenvalue weighted by atomic mass is 32.1. The van der Waals surface area contributed by atoms with Crippen LogP contribution in [-0.2, 0) is 4.79 Å². The lowest BCUT2D eigenvalue weighted by Gasteiger charge is -2.35. The second-order valence-electron chi connectivity index (χ2n) is 6.44. The largest absolute Gasteiger partial charge is 0.435 e. The molecule has 0 radical (unpaired) electrons. The number of hydrogen-bond acceptors (Lipinski definition) is 4. The minimum Gasteiger partial charge on any atom is -0.435 e. The third-order valence-corrected chi connectivity index (χ3v) is 4.66. The average molecular weight is 384 g/mol. The maximum atomic E-state index is 12.2. The summed E-state index contributed by atoms with van der Waals surface area (Å²) < 4.78 is 28.6. The van der Waals surface area contributed by atoms with Gasteiger partial charge in [-0.3, -0.25) is 9.69 Å². The van der Waals surface area contributed by atoms with E-state index in [1.807, 2.05) is 4.90 Å². The number of ether oxygens (including phenoxy) is 1. The van der Waals surface area contributed by atoms with Gasteiger partial charge in [-0.1, -0.05) is 0 Å². The summed E-state index contributed by atoms with van der Waals surface area (Å²) in [6.07, 6.45) is 2.18. The van der Waals surface area contributed by atoms with Gasteiger partial charge < -0.3 is 20.3 Å². The molecular formula is C17H22F2N4O2S. The number of halogens is 2. The summed E-state index contributed by atoms with van der Waals surface area (Å²) in [5.41, 5.74) is 0.711. The van der Waals surface area contributed by atoms with Gasteiger partial charge in [0.15, 0.2) is 5.11 Å². The van der Waals surface area contributed by atoms with Crippen LogP contribution < -0.4 is 15.4 Å². The second kappa shape index (κ2) is 8.59. The van der Waals surface area contributed by atoms with Crippen LogP contribution in [0.4, 0.5) is 14.5 Å². The number of nitrogens with one attached hydrogen (secondary N) is 2. The fourth-order valence-corrected chi connectivity index (χ4v) is 3.04. The van der Waals surface area contributed by atoms with Crippen molar-refractivity contribution in [1.82, 2.24) is 15.1 Å². The SMILES string of the molecule is O=C(CN1CCN(C(=S)Nc2ccc(OC(F)F)cc2)CC1)NC1CC1. The van der Waals surface area contributed by atoms with Crippen LogP contribution in [0.2, 0.25) is 0 Å². The summed E-state index contributed by atoms with van der Waals surface area (Å²) in [5, 5.41) is 6.67. The van der Waals surface area contributed by atoms with Crippen molar-refractivity contribution in [3.63, 3.8) is 0 Å². The van der Waals surface area contributed by atoms with Gasteiger partial charge >= 0.3 is 6.61 Å². The zero-order valence-electron chi connectivity index (χ0n) is 14.3. The van der Waals surface area contributed by atoms with Crippen LogP contribution in [0.25, 0.3) is 0 Å². The predicted octanol–water partition coefficient (Wildman–Crippen LogP) is 1.88. The molecule has 1 aliphatic carbocycles. The minimum atomic E-state index is -2.84. The lowest BCUT2D eigenvalue weighted by molar-refractivity contribution is -0.122. The molecule has 142 valence electrons. The fraction of sp³-hybridized carbons (Fsp3) is 0.529. The van der Waals surface area contributed by atoms with Gasteiger partial charge in [0.2, 0.25) is 5.91 Å². The number of carbonyl (C=O) groups is 1. The molecule has 3 rings (SSSR count). The molecule has 1 heterocycles. The zero-order valence-corrected chi connectivity index (χ0v) is 15.1. The van der Waals surface area contributed by atoms with Crippen molar-refractivity contribution in [2.45, 2.75) is 25.5 Å². The van der Waals surface area contributed by atoms with E-state index in [0.717, 1.165) is 39.0 Å². The summed E-state index contributed by atoms with van der Waals surface area (Å²) in [4.78, 5) is 16.0. The molecule has 1 amide bonds. The van der Waals surface area contributed by atoms with Crippen molar-refractivity contribution in [3.8, 4) is 5.75 Å². The highest BCUT2D eigenvalue weighted by molar-refractivity contribution is 7.80. The number of anilines is 1. The highest BCUT2D eigenvalue weighted by Crippen LogP contribution is 2.19. The van der Waals surface area contributed by atoms with Crippen LogP contribution in [0.1, 0.15) is 12.8 Å². The molecule has 1 saturated carbocycles. The monoisotopic (exact) mass is 384 g/mol. The number of benzene rings is 1. The van der Waals surface area contributed by atoms with Gasteiger partial charge in [-0.05, 0) is 49.3 Å². The molecule has 0 atom stereocenters. The molecule has 2 N–H and O–H groups in total. The van der Waals surface area contributed by atoms with Crippen LogP contribution >= 0.6 is 12.2 Å². The Morgan fingerprint density at radius 3 is 2.42 bits per heavy atom. The summed E-state index contributed by atoms with van der Waals surface area (Å²) in [7, 11) is 0. The van der Waals surface area contributed by atoms with E-state index in [4.69, 9.17) is 12.2 Å². The molecule has 1 aromatic rings. The molecule has 0 unspecified atom stereocenters. The van der Waals surface area contributed by atoms with Crippen LogP contribution in [0.3, 0.4) is 0 Å². The Kier molecular flexibility index (Phi) is 6.20. The second-order valence-corrected chi connectivity index (χ2v) is 6.82. The van der Waals surface area contributed by atoms with Crippen molar-refractivity contribution in [2.24, 2.45) is 0 Å². The summed E-state index contributed by atoms with van der Waals surface area (Å²) in [6, 6.07) is 6.60. The topological polar surface area (TPSA) is 56.8 Å². The van der Waals surface area contributed by atoms with Crippen LogP contribution in [-0.4, -0.2) is 66.2 Å². The molecule has 2 aliphatic rings. The van der Waals surface area contributed by atoms with Crippen LogP contribution in [0, 0.1) is 0 Å². The summed E-state index contributed by atoms with van der Waals surface area (Å²) in [5.74, 6) is 0.197. The summed E-state index contributed by atoms with van der Waals surface area (Å²) >= 11 is 5.42. The van der Waals surface area contributed by atoms with E-state index in [9.17, 15) is 13.6 Å². The quantitative estimate of drug-likeness (QED) is 0.731. The number of nitrogens with zero attached hydrogens (tertiary/aromatic N) is 2. The number of thiocarbonyl (C=S) groups is 1. The van der Waals surface area contributed by atoms with Crippen LogP contribution in [0.5, 0.6) is 5.75 Å². The maximum absolute atomic E-state index is 12.2. The smallest absolute Gasteiger partial charge is 0.387 e. The van der Waals surface area contributed by atoms with Gasteiger partial charge in [-0.2, -0.15) is 8.78 Å². The number of amides is 1. The van der Waals surface area contributed by atoms with E-state index < -0.39 is 6.61 Å². The van der Waals surface area contributed by atoms with Gasteiger partial charge in [-0.25, -0.2) is 0 Å². The molecule has 1 aliphatic heterocycles. The molecule has 0 aromatic heterocycles. The van der Waals surface area contributed by atoms with Gasteiger partial charge in [0.05, 0.1) is 6.54 Å². The van der Waals surface area contributed by atoms with E-state index in [1.54, 1.807) is 12.1 Å². The van der Waals surface area contributed by atoms with Gasteiger partial charge in [-0.15, -0.1) is 0 Å². The number of alkyl halides is 2. The van der Waals surface area contributed by atoms with E-state index in [1.165, 1.54) is 12.1 Å². The normalized spacial score (nSPS) is 17.9. The molecule has 6 nitrogen and oxygen atoms in total. The number of carbonyl (C=O) groups excluding carboxylic acids is 1. The first-order chi connectivity index (χ1) is 12.5. The third-order valence-electron chi connectivity index (χ3n) is 4.30. The molecule has 1 saturated heterocycles. The Morgan fingerprint density at radius 1 is 1.19 bits per heavy atom. The first-order valence-electron chi connectivity index (χ1n) is 8.62. The van der Waals surface area contributed by atoms with Gasteiger partial charge in [0, 0.05) is 37.9 Å². The molecule has 9 heteroatoms. The zero-order chi connectivity index (χ0) is 18.5. The van der Waals surface area contributed by atoms with E-state index in [-0.39, 0.29) is 11.7 Å². The van der Waals surface area contributed by atoms with E-state index in [2.05, 4.69) is 20.3 Å². The van der Waals surface area contributed by atoms with E-state index in [0.29, 0.717) is 23.4 Å². The Hall–Kier alpha value is -2.00. The van der Waals surface area contributed by atoms with Crippen molar-refractivity contribution in [2.75, 3.05) is 38.0 Å². The first-order valence-corrected chi connectivity index (χ1v) is 9.03. The predicted molar refractivity (Wildman–Crippen MR) is 98.5 cm³/mol. The first kappa shape index (κ1) is 18.8. The lowest BCUT2D eigenvalue weighted by Crippen LogP contribution is -2.52. The Balaban J connectivity index is 1.40. The molecule has 1 aromatic carbocycles. The molecule has 2 fully saturated rings.